The van der Waals surface area contributed by atoms with Gasteiger partial charge in [-0.1, -0.05) is 33.8 Å². The number of aliphatic hydroxyl groups is 1. The van der Waals surface area contributed by atoms with E-state index < -0.39 is 6.10 Å². The number of hydrogen-bond donors (Lipinski definition) is 2. The van der Waals surface area contributed by atoms with Crippen LogP contribution in [-0.2, 0) is 0 Å². The maximum atomic E-state index is 11.1. The van der Waals surface area contributed by atoms with E-state index in [1.807, 2.05) is 18.2 Å². The van der Waals surface area contributed by atoms with E-state index in [-0.39, 0.29) is 5.56 Å². The molecule has 2 rings (SSSR count). The summed E-state index contributed by atoms with van der Waals surface area (Å²) in [4.78, 5) is 18.8. The number of rotatable bonds is 3. The van der Waals surface area contributed by atoms with Crippen LogP contribution in [0, 0.1) is 0 Å². The van der Waals surface area contributed by atoms with Crippen LogP contribution in [0.15, 0.2) is 49.8 Å². The van der Waals surface area contributed by atoms with Gasteiger partial charge in [0.2, 0.25) is 0 Å². The fourth-order valence-electron chi connectivity index (χ4n) is 1.43. The van der Waals surface area contributed by atoms with Gasteiger partial charge in [-0.2, -0.15) is 0 Å². The molecule has 0 bridgehead atoms. The Morgan fingerprint density at radius 2 is 2.22 bits per heavy atom. The molecule has 0 radical (unpaired) electrons. The zero-order valence-corrected chi connectivity index (χ0v) is 12.0. The first-order valence-corrected chi connectivity index (χ1v) is 6.88. The second-order valence-electron chi connectivity index (χ2n) is 3.70. The first-order valence-electron chi connectivity index (χ1n) is 5.27. The van der Waals surface area contributed by atoms with Crippen molar-refractivity contribution in [2.45, 2.75) is 23.1 Å². The van der Waals surface area contributed by atoms with Crippen molar-refractivity contribution >= 4 is 27.7 Å². The van der Waals surface area contributed by atoms with Crippen LogP contribution in [0.5, 0.6) is 0 Å². The fourth-order valence-corrected chi connectivity index (χ4v) is 3.09. The molecule has 0 amide bonds. The summed E-state index contributed by atoms with van der Waals surface area (Å²) in [5.74, 6) is 0. The molecule has 0 aliphatic carbocycles. The lowest BCUT2D eigenvalue weighted by atomic mass is 10.1. The number of aromatic nitrogens is 2. The second-order valence-corrected chi connectivity index (χ2v) is 5.62. The van der Waals surface area contributed by atoms with Crippen LogP contribution in [0.1, 0.15) is 18.6 Å². The summed E-state index contributed by atoms with van der Waals surface area (Å²) < 4.78 is 0.834. The SMILES string of the molecule is C[C@@H](O)c1ccc(Sc2nccc(=O)[nH]2)cc1Br. The zero-order chi connectivity index (χ0) is 13.1. The second kappa shape index (κ2) is 5.69. The first kappa shape index (κ1) is 13.3. The monoisotopic (exact) mass is 326 g/mol. The van der Waals surface area contributed by atoms with E-state index in [2.05, 4.69) is 25.9 Å². The van der Waals surface area contributed by atoms with Crippen molar-refractivity contribution in [3.63, 3.8) is 0 Å². The van der Waals surface area contributed by atoms with Crippen molar-refractivity contribution in [2.75, 3.05) is 0 Å². The molecule has 0 spiro atoms. The Labute approximate surface area is 117 Å². The topological polar surface area (TPSA) is 66.0 Å². The van der Waals surface area contributed by atoms with Crippen molar-refractivity contribution in [3.05, 3.63) is 50.9 Å². The standard InChI is InChI=1S/C12H11BrN2O2S/c1-7(16)9-3-2-8(6-10(9)13)18-12-14-5-4-11(17)15-12/h2-7,16H,1H3,(H,14,15,17)/t7-/m1/s1. The van der Waals surface area contributed by atoms with Crippen LogP contribution in [0.4, 0.5) is 0 Å². The molecule has 0 fully saturated rings. The number of benzene rings is 1. The summed E-state index contributed by atoms with van der Waals surface area (Å²) in [5.41, 5.74) is 0.654. The number of halogens is 1. The molecule has 6 heteroatoms. The predicted molar refractivity (Wildman–Crippen MR) is 73.8 cm³/mol. The van der Waals surface area contributed by atoms with E-state index in [0.29, 0.717) is 5.16 Å². The highest BCUT2D eigenvalue weighted by Gasteiger charge is 2.08. The number of H-pyrrole nitrogens is 1. The molecule has 4 nitrogen and oxygen atoms in total. The van der Waals surface area contributed by atoms with Gasteiger partial charge in [-0.15, -0.1) is 0 Å². The molecule has 1 atom stereocenters. The van der Waals surface area contributed by atoms with Gasteiger partial charge in [-0.3, -0.25) is 4.79 Å². The van der Waals surface area contributed by atoms with Crippen molar-refractivity contribution in [1.29, 1.82) is 0 Å². The fraction of sp³-hybridized carbons (Fsp3) is 0.167. The van der Waals surface area contributed by atoms with Gasteiger partial charge < -0.3 is 10.1 Å². The van der Waals surface area contributed by atoms with Crippen LogP contribution in [0.3, 0.4) is 0 Å². The molecule has 0 unspecified atom stereocenters. The lowest BCUT2D eigenvalue weighted by molar-refractivity contribution is 0.198. The van der Waals surface area contributed by atoms with Gasteiger partial charge in [-0.05, 0) is 24.6 Å². The quantitative estimate of drug-likeness (QED) is 0.851. The van der Waals surface area contributed by atoms with Crippen molar-refractivity contribution in [1.82, 2.24) is 9.97 Å². The minimum atomic E-state index is -0.520. The van der Waals surface area contributed by atoms with Gasteiger partial charge in [0.15, 0.2) is 5.16 Å². The number of aliphatic hydroxyl groups excluding tert-OH is 1. The summed E-state index contributed by atoms with van der Waals surface area (Å²) >= 11 is 4.77. The van der Waals surface area contributed by atoms with Crippen molar-refractivity contribution in [3.8, 4) is 0 Å². The molecule has 1 aromatic heterocycles. The lowest BCUT2D eigenvalue weighted by Gasteiger charge is -2.09. The molecule has 0 saturated carbocycles. The average Bonchev–Trinajstić information content (AvgIpc) is 2.28. The molecule has 2 N–H and O–H groups in total. The summed E-state index contributed by atoms with van der Waals surface area (Å²) in [6.07, 6.45) is 0.952. The molecular weight excluding hydrogens is 316 g/mol. The lowest BCUT2D eigenvalue weighted by Crippen LogP contribution is -2.04. The van der Waals surface area contributed by atoms with E-state index in [9.17, 15) is 9.90 Å². The highest BCUT2D eigenvalue weighted by atomic mass is 79.9. The molecule has 0 saturated heterocycles. The Morgan fingerprint density at radius 1 is 1.44 bits per heavy atom. The van der Waals surface area contributed by atoms with Crippen LogP contribution in [0.2, 0.25) is 0 Å². The summed E-state index contributed by atoms with van der Waals surface area (Å²) in [5, 5.41) is 10.1. The summed E-state index contributed by atoms with van der Waals surface area (Å²) in [6.45, 7) is 1.71. The maximum Gasteiger partial charge on any atom is 0.251 e. The summed E-state index contributed by atoms with van der Waals surface area (Å²) in [6, 6.07) is 6.98. The molecule has 0 aliphatic heterocycles. The molecular formula is C12H11BrN2O2S. The molecule has 0 aliphatic rings. The number of hydrogen-bond acceptors (Lipinski definition) is 4. The van der Waals surface area contributed by atoms with Crippen LogP contribution >= 0.6 is 27.7 Å². The zero-order valence-electron chi connectivity index (χ0n) is 9.55. The van der Waals surface area contributed by atoms with Gasteiger partial charge in [-0.25, -0.2) is 4.98 Å². The van der Waals surface area contributed by atoms with Crippen LogP contribution < -0.4 is 5.56 Å². The van der Waals surface area contributed by atoms with Gasteiger partial charge in [0.25, 0.3) is 5.56 Å². The molecule has 2 aromatic rings. The number of aromatic amines is 1. The number of nitrogens with one attached hydrogen (secondary N) is 1. The Kier molecular flexibility index (Phi) is 4.21. The van der Waals surface area contributed by atoms with E-state index in [1.54, 1.807) is 6.92 Å². The minimum Gasteiger partial charge on any atom is -0.389 e. The van der Waals surface area contributed by atoms with Crippen LogP contribution in [-0.4, -0.2) is 15.1 Å². The Hall–Kier alpha value is -1.11. The maximum absolute atomic E-state index is 11.1. The third-order valence-electron chi connectivity index (χ3n) is 2.28. The summed E-state index contributed by atoms with van der Waals surface area (Å²) in [7, 11) is 0. The Bertz CT molecular complexity index is 613. The van der Waals surface area contributed by atoms with E-state index in [4.69, 9.17) is 0 Å². The third-order valence-corrected chi connectivity index (χ3v) is 3.86. The van der Waals surface area contributed by atoms with Gasteiger partial charge >= 0.3 is 0 Å². The third kappa shape index (κ3) is 3.22. The van der Waals surface area contributed by atoms with Crippen molar-refractivity contribution in [2.24, 2.45) is 0 Å². The van der Waals surface area contributed by atoms with Gasteiger partial charge in [0.1, 0.15) is 0 Å². The molecule has 94 valence electrons. The average molecular weight is 327 g/mol. The molecule has 1 heterocycles. The minimum absolute atomic E-state index is 0.174. The Balaban J connectivity index is 2.25. The smallest absolute Gasteiger partial charge is 0.251 e. The van der Waals surface area contributed by atoms with E-state index >= 15 is 0 Å². The number of nitrogens with zero attached hydrogens (tertiary/aromatic N) is 1. The van der Waals surface area contributed by atoms with Crippen LogP contribution in [0.25, 0.3) is 0 Å². The molecule has 18 heavy (non-hydrogen) atoms. The van der Waals surface area contributed by atoms with E-state index in [0.717, 1.165) is 14.9 Å². The van der Waals surface area contributed by atoms with Gasteiger partial charge in [0, 0.05) is 21.6 Å². The normalized spacial score (nSPS) is 12.4. The first-order chi connectivity index (χ1) is 8.56. The Morgan fingerprint density at radius 3 is 2.83 bits per heavy atom. The molecule has 1 aromatic carbocycles. The highest BCUT2D eigenvalue weighted by Crippen LogP contribution is 2.30. The van der Waals surface area contributed by atoms with Crippen molar-refractivity contribution < 1.29 is 5.11 Å². The van der Waals surface area contributed by atoms with Gasteiger partial charge in [0.05, 0.1) is 6.10 Å². The van der Waals surface area contributed by atoms with E-state index in [1.165, 1.54) is 24.0 Å². The predicted octanol–water partition coefficient (Wildman–Crippen LogP) is 2.74. The highest BCUT2D eigenvalue weighted by molar-refractivity contribution is 9.10. The largest absolute Gasteiger partial charge is 0.389 e.